The van der Waals surface area contributed by atoms with Crippen LogP contribution in [0.15, 0.2) is 24.3 Å². The molecule has 1 amide bonds. The van der Waals surface area contributed by atoms with Gasteiger partial charge in [-0.2, -0.15) is 0 Å². The molecule has 4 nitrogen and oxygen atoms in total. The lowest BCUT2D eigenvalue weighted by atomic mass is 10.0. The quantitative estimate of drug-likeness (QED) is 0.876. The molecule has 0 atom stereocenters. The Morgan fingerprint density at radius 3 is 2.35 bits per heavy atom. The van der Waals surface area contributed by atoms with Crippen LogP contribution in [0, 0.1) is 0 Å². The van der Waals surface area contributed by atoms with Gasteiger partial charge in [0.15, 0.2) is 0 Å². The molecular formula is C19H31N3O. The number of benzene rings is 1. The van der Waals surface area contributed by atoms with Gasteiger partial charge in [0.2, 0.25) is 0 Å². The molecule has 0 bridgehead atoms. The Bertz CT molecular complexity index is 492. The van der Waals surface area contributed by atoms with Gasteiger partial charge in [0.25, 0.3) is 5.91 Å². The minimum absolute atomic E-state index is 0.139. The monoisotopic (exact) mass is 317 g/mol. The third-order valence-corrected chi connectivity index (χ3v) is 4.90. The van der Waals surface area contributed by atoms with Crippen LogP contribution in [0.3, 0.4) is 0 Å². The average Bonchev–Trinajstić information content (AvgIpc) is 2.59. The molecule has 1 heterocycles. The first-order valence-electron chi connectivity index (χ1n) is 8.83. The van der Waals surface area contributed by atoms with Crippen molar-refractivity contribution < 1.29 is 4.79 Å². The van der Waals surface area contributed by atoms with Crippen molar-refractivity contribution >= 4 is 5.91 Å². The van der Waals surface area contributed by atoms with E-state index in [1.54, 1.807) is 0 Å². The molecule has 4 heteroatoms. The van der Waals surface area contributed by atoms with E-state index in [1.807, 2.05) is 24.1 Å². The molecule has 1 aliphatic heterocycles. The van der Waals surface area contributed by atoms with Gasteiger partial charge < -0.3 is 10.2 Å². The molecule has 0 saturated carbocycles. The number of amides is 1. The molecule has 23 heavy (non-hydrogen) atoms. The topological polar surface area (TPSA) is 35.6 Å². The molecule has 1 saturated heterocycles. The molecule has 0 spiro atoms. The Morgan fingerprint density at radius 1 is 1.22 bits per heavy atom. The highest BCUT2D eigenvalue weighted by Crippen LogP contribution is 2.15. The number of piperidine rings is 1. The van der Waals surface area contributed by atoms with Crippen LogP contribution in [0.25, 0.3) is 0 Å². The molecule has 2 rings (SSSR count). The van der Waals surface area contributed by atoms with Gasteiger partial charge >= 0.3 is 0 Å². The zero-order chi connectivity index (χ0) is 16.8. The summed E-state index contributed by atoms with van der Waals surface area (Å²) >= 11 is 0. The van der Waals surface area contributed by atoms with Crippen molar-refractivity contribution in [2.24, 2.45) is 0 Å². The van der Waals surface area contributed by atoms with Crippen molar-refractivity contribution in [1.82, 2.24) is 15.1 Å². The molecule has 0 unspecified atom stereocenters. The Hall–Kier alpha value is -1.39. The first-order chi connectivity index (χ1) is 11.0. The summed E-state index contributed by atoms with van der Waals surface area (Å²) in [5.74, 6) is 0.139. The number of nitrogens with zero attached hydrogens (tertiary/aromatic N) is 2. The predicted octanol–water partition coefficient (Wildman–Crippen LogP) is 2.74. The summed E-state index contributed by atoms with van der Waals surface area (Å²) in [6, 6.07) is 9.03. The fraction of sp³-hybridized carbons (Fsp3) is 0.632. The Balaban J connectivity index is 1.99. The number of carbonyl (C=O) groups is 1. The SMILES string of the molecule is CCN(Cc1ccc(C(=O)N(C)C2CCNCC2)cc1)C(C)C. The molecule has 128 valence electrons. The molecule has 1 fully saturated rings. The summed E-state index contributed by atoms with van der Waals surface area (Å²) in [7, 11) is 1.93. The Morgan fingerprint density at radius 2 is 1.83 bits per heavy atom. The van der Waals surface area contributed by atoms with Gasteiger partial charge in [-0.1, -0.05) is 19.1 Å². The van der Waals surface area contributed by atoms with Gasteiger partial charge in [-0.15, -0.1) is 0 Å². The highest BCUT2D eigenvalue weighted by atomic mass is 16.2. The third-order valence-electron chi connectivity index (χ3n) is 4.90. The highest BCUT2D eigenvalue weighted by Gasteiger charge is 2.22. The summed E-state index contributed by atoms with van der Waals surface area (Å²) in [6.45, 7) is 10.6. The first-order valence-corrected chi connectivity index (χ1v) is 8.83. The lowest BCUT2D eigenvalue weighted by Gasteiger charge is -2.31. The van der Waals surface area contributed by atoms with Crippen molar-refractivity contribution in [2.45, 2.75) is 52.2 Å². The van der Waals surface area contributed by atoms with E-state index in [0.29, 0.717) is 12.1 Å². The number of rotatable bonds is 6. The van der Waals surface area contributed by atoms with Crippen molar-refractivity contribution in [3.8, 4) is 0 Å². The van der Waals surface area contributed by atoms with Gasteiger partial charge in [-0.3, -0.25) is 9.69 Å². The van der Waals surface area contributed by atoms with Crippen LogP contribution in [0.5, 0.6) is 0 Å². The van der Waals surface area contributed by atoms with Crippen LogP contribution < -0.4 is 5.32 Å². The molecule has 0 aliphatic carbocycles. The Labute approximate surface area is 140 Å². The van der Waals surface area contributed by atoms with E-state index in [1.165, 1.54) is 5.56 Å². The second kappa shape index (κ2) is 8.46. The highest BCUT2D eigenvalue weighted by molar-refractivity contribution is 5.94. The second-order valence-electron chi connectivity index (χ2n) is 6.75. The van der Waals surface area contributed by atoms with Crippen LogP contribution >= 0.6 is 0 Å². The first kappa shape index (κ1) is 18.0. The van der Waals surface area contributed by atoms with Gasteiger partial charge in [-0.05, 0) is 64.0 Å². The number of hydrogen-bond acceptors (Lipinski definition) is 3. The summed E-state index contributed by atoms with van der Waals surface area (Å²) in [4.78, 5) is 17.0. The standard InChI is InChI=1S/C19H31N3O/c1-5-22(15(2)3)14-16-6-8-17(9-7-16)19(23)21(4)18-10-12-20-13-11-18/h6-9,15,18,20H,5,10-14H2,1-4H3. The summed E-state index contributed by atoms with van der Waals surface area (Å²) < 4.78 is 0. The predicted molar refractivity (Wildman–Crippen MR) is 95.6 cm³/mol. The van der Waals surface area contributed by atoms with E-state index >= 15 is 0 Å². The summed E-state index contributed by atoms with van der Waals surface area (Å²) in [5.41, 5.74) is 2.06. The van der Waals surface area contributed by atoms with E-state index in [9.17, 15) is 4.79 Å². The molecular weight excluding hydrogens is 286 g/mol. The van der Waals surface area contributed by atoms with Gasteiger partial charge in [0.05, 0.1) is 0 Å². The largest absolute Gasteiger partial charge is 0.339 e. The van der Waals surface area contributed by atoms with E-state index in [4.69, 9.17) is 0 Å². The maximum absolute atomic E-state index is 12.6. The number of carbonyl (C=O) groups excluding carboxylic acids is 1. The fourth-order valence-corrected chi connectivity index (χ4v) is 3.21. The zero-order valence-electron chi connectivity index (χ0n) is 15.0. The van der Waals surface area contributed by atoms with Crippen LogP contribution in [-0.2, 0) is 6.54 Å². The maximum atomic E-state index is 12.6. The fourth-order valence-electron chi connectivity index (χ4n) is 3.21. The van der Waals surface area contributed by atoms with Gasteiger partial charge in [0.1, 0.15) is 0 Å². The average molecular weight is 317 g/mol. The minimum Gasteiger partial charge on any atom is -0.339 e. The maximum Gasteiger partial charge on any atom is 0.253 e. The van der Waals surface area contributed by atoms with Crippen LogP contribution in [0.1, 0.15) is 49.5 Å². The molecule has 1 N–H and O–H groups in total. The molecule has 0 radical (unpaired) electrons. The van der Waals surface area contributed by atoms with E-state index in [0.717, 1.165) is 44.6 Å². The van der Waals surface area contributed by atoms with Crippen LogP contribution in [-0.4, -0.2) is 54.5 Å². The minimum atomic E-state index is 0.139. The van der Waals surface area contributed by atoms with E-state index in [-0.39, 0.29) is 5.91 Å². The lowest BCUT2D eigenvalue weighted by Crippen LogP contribution is -2.43. The van der Waals surface area contributed by atoms with Crippen molar-refractivity contribution in [3.05, 3.63) is 35.4 Å². The third kappa shape index (κ3) is 4.79. The van der Waals surface area contributed by atoms with Crippen LogP contribution in [0.2, 0.25) is 0 Å². The van der Waals surface area contributed by atoms with Crippen LogP contribution in [0.4, 0.5) is 0 Å². The molecule has 1 aromatic carbocycles. The number of hydrogen-bond donors (Lipinski definition) is 1. The van der Waals surface area contributed by atoms with Gasteiger partial charge in [0, 0.05) is 31.2 Å². The normalized spacial score (nSPS) is 16.1. The second-order valence-corrected chi connectivity index (χ2v) is 6.75. The summed E-state index contributed by atoms with van der Waals surface area (Å²) in [5, 5.41) is 3.35. The zero-order valence-corrected chi connectivity index (χ0v) is 15.0. The van der Waals surface area contributed by atoms with Crippen molar-refractivity contribution in [3.63, 3.8) is 0 Å². The van der Waals surface area contributed by atoms with Crippen molar-refractivity contribution in [2.75, 3.05) is 26.7 Å². The smallest absolute Gasteiger partial charge is 0.253 e. The molecule has 1 aromatic rings. The summed E-state index contributed by atoms with van der Waals surface area (Å²) in [6.07, 6.45) is 2.08. The molecule has 0 aromatic heterocycles. The van der Waals surface area contributed by atoms with Gasteiger partial charge in [-0.25, -0.2) is 0 Å². The van der Waals surface area contributed by atoms with Crippen molar-refractivity contribution in [1.29, 1.82) is 0 Å². The molecule has 1 aliphatic rings. The van der Waals surface area contributed by atoms with E-state index in [2.05, 4.69) is 43.1 Å². The Kier molecular flexibility index (Phi) is 6.60. The van der Waals surface area contributed by atoms with E-state index < -0.39 is 0 Å². The number of nitrogens with one attached hydrogen (secondary N) is 1. The lowest BCUT2D eigenvalue weighted by molar-refractivity contribution is 0.0703.